The van der Waals surface area contributed by atoms with Gasteiger partial charge in [0.15, 0.2) is 0 Å². The molecule has 0 atom stereocenters. The van der Waals surface area contributed by atoms with Crippen molar-refractivity contribution >= 4 is 17.4 Å². The fourth-order valence-electron chi connectivity index (χ4n) is 1.83. The molecule has 6 heteroatoms. The summed E-state index contributed by atoms with van der Waals surface area (Å²) in [4.78, 5) is 9.71. The summed E-state index contributed by atoms with van der Waals surface area (Å²) >= 11 is 5.90. The predicted molar refractivity (Wildman–Crippen MR) is 71.5 cm³/mol. The normalized spacial score (nSPS) is 10.5. The van der Waals surface area contributed by atoms with Gasteiger partial charge in [-0.1, -0.05) is 23.7 Å². The molecule has 0 spiro atoms. The van der Waals surface area contributed by atoms with Gasteiger partial charge in [0.1, 0.15) is 23.1 Å². The van der Waals surface area contributed by atoms with Crippen molar-refractivity contribution in [3.8, 4) is 0 Å². The van der Waals surface area contributed by atoms with Gasteiger partial charge in [-0.3, -0.25) is 0 Å². The molecule has 0 aliphatic heterocycles. The zero-order valence-electron chi connectivity index (χ0n) is 10.3. The average molecular weight is 282 g/mol. The number of hydrogen-bond acceptors (Lipinski definition) is 4. The highest BCUT2D eigenvalue weighted by Crippen LogP contribution is 2.23. The highest BCUT2D eigenvalue weighted by molar-refractivity contribution is 6.30. The van der Waals surface area contributed by atoms with E-state index in [2.05, 4.69) is 9.97 Å². The minimum atomic E-state index is -0.283. The number of nitrogens with zero attached hydrogens (tertiary/aromatic N) is 3. The van der Waals surface area contributed by atoms with Crippen molar-refractivity contribution in [2.75, 3.05) is 11.9 Å². The molecule has 1 aromatic heterocycles. The molecule has 4 nitrogen and oxygen atoms in total. The summed E-state index contributed by atoms with van der Waals surface area (Å²) in [5.74, 6) is 0.251. The van der Waals surface area contributed by atoms with Gasteiger partial charge in [-0.2, -0.15) is 0 Å². The monoisotopic (exact) mass is 281 g/mol. The molecule has 2 aromatic rings. The fourth-order valence-corrected chi connectivity index (χ4v) is 2.02. The Bertz CT molecular complexity index is 580. The van der Waals surface area contributed by atoms with Crippen molar-refractivity contribution in [2.45, 2.75) is 13.2 Å². The maximum atomic E-state index is 13.1. The average Bonchev–Trinajstić information content (AvgIpc) is 2.38. The highest BCUT2D eigenvalue weighted by Gasteiger charge is 2.13. The maximum absolute atomic E-state index is 13.1. The third kappa shape index (κ3) is 3.19. The van der Waals surface area contributed by atoms with E-state index in [9.17, 15) is 9.50 Å². The third-order valence-corrected chi connectivity index (χ3v) is 3.02. The number of benzene rings is 1. The summed E-state index contributed by atoms with van der Waals surface area (Å²) < 4.78 is 13.1. The van der Waals surface area contributed by atoms with Crippen molar-refractivity contribution in [1.29, 1.82) is 0 Å². The SMILES string of the molecule is CN(Cc1cccc(F)c1)c1ncnc(Cl)c1CO. The van der Waals surface area contributed by atoms with Gasteiger partial charge in [0, 0.05) is 13.6 Å². The van der Waals surface area contributed by atoms with Crippen LogP contribution in [0.15, 0.2) is 30.6 Å². The summed E-state index contributed by atoms with van der Waals surface area (Å²) in [6, 6.07) is 6.32. The van der Waals surface area contributed by atoms with Crippen LogP contribution in [-0.4, -0.2) is 22.1 Å². The number of hydrogen-bond donors (Lipinski definition) is 1. The van der Waals surface area contributed by atoms with Crippen molar-refractivity contribution in [3.05, 3.63) is 52.7 Å². The number of anilines is 1. The van der Waals surface area contributed by atoms with E-state index in [0.29, 0.717) is 17.9 Å². The molecule has 0 saturated heterocycles. The van der Waals surface area contributed by atoms with E-state index in [1.54, 1.807) is 18.0 Å². The molecule has 1 heterocycles. The Kier molecular flexibility index (Phi) is 4.29. The molecule has 0 amide bonds. The van der Waals surface area contributed by atoms with Gasteiger partial charge in [-0.15, -0.1) is 0 Å². The molecular formula is C13H13ClFN3O. The van der Waals surface area contributed by atoms with Crippen LogP contribution in [0.1, 0.15) is 11.1 Å². The lowest BCUT2D eigenvalue weighted by Gasteiger charge is -2.20. The Morgan fingerprint density at radius 3 is 2.84 bits per heavy atom. The van der Waals surface area contributed by atoms with E-state index >= 15 is 0 Å². The smallest absolute Gasteiger partial charge is 0.140 e. The Morgan fingerprint density at radius 1 is 1.37 bits per heavy atom. The first kappa shape index (κ1) is 13.7. The lowest BCUT2D eigenvalue weighted by atomic mass is 10.2. The van der Waals surface area contributed by atoms with Gasteiger partial charge < -0.3 is 10.0 Å². The molecule has 1 aromatic carbocycles. The molecule has 0 saturated carbocycles. The van der Waals surface area contributed by atoms with Crippen molar-refractivity contribution < 1.29 is 9.50 Å². The van der Waals surface area contributed by atoms with Crippen LogP contribution in [0.4, 0.5) is 10.2 Å². The van der Waals surface area contributed by atoms with E-state index in [4.69, 9.17) is 11.6 Å². The summed E-state index contributed by atoms with van der Waals surface area (Å²) in [5, 5.41) is 9.53. The Labute approximate surface area is 115 Å². The molecule has 0 unspecified atom stereocenters. The molecule has 0 bridgehead atoms. The first-order valence-electron chi connectivity index (χ1n) is 5.67. The lowest BCUT2D eigenvalue weighted by Crippen LogP contribution is -2.20. The van der Waals surface area contributed by atoms with Crippen LogP contribution in [-0.2, 0) is 13.2 Å². The maximum Gasteiger partial charge on any atom is 0.140 e. The Morgan fingerprint density at radius 2 is 2.16 bits per heavy atom. The van der Waals surface area contributed by atoms with Crippen LogP contribution < -0.4 is 4.90 Å². The van der Waals surface area contributed by atoms with Crippen LogP contribution in [0.25, 0.3) is 0 Å². The highest BCUT2D eigenvalue weighted by atomic mass is 35.5. The number of aliphatic hydroxyl groups is 1. The summed E-state index contributed by atoms with van der Waals surface area (Å²) in [6.07, 6.45) is 1.33. The second-order valence-corrected chi connectivity index (χ2v) is 4.47. The van der Waals surface area contributed by atoms with E-state index in [1.807, 2.05) is 6.07 Å². The predicted octanol–water partition coefficient (Wildman–Crippen LogP) is 2.40. The van der Waals surface area contributed by atoms with Gasteiger partial charge >= 0.3 is 0 Å². The van der Waals surface area contributed by atoms with E-state index in [-0.39, 0.29) is 17.6 Å². The first-order valence-corrected chi connectivity index (χ1v) is 6.05. The number of halogens is 2. The minimum absolute atomic E-state index is 0.221. The molecule has 19 heavy (non-hydrogen) atoms. The largest absolute Gasteiger partial charge is 0.391 e. The van der Waals surface area contributed by atoms with Crippen LogP contribution in [0.2, 0.25) is 5.15 Å². The van der Waals surface area contributed by atoms with Gasteiger partial charge in [-0.05, 0) is 17.7 Å². The number of aliphatic hydroxyl groups excluding tert-OH is 1. The summed E-state index contributed by atoms with van der Waals surface area (Å²) in [5.41, 5.74) is 1.27. The second kappa shape index (κ2) is 5.95. The minimum Gasteiger partial charge on any atom is -0.391 e. The van der Waals surface area contributed by atoms with Crippen molar-refractivity contribution in [2.24, 2.45) is 0 Å². The summed E-state index contributed by atoms with van der Waals surface area (Å²) in [6.45, 7) is 0.209. The topological polar surface area (TPSA) is 49.2 Å². The molecule has 0 aliphatic rings. The van der Waals surface area contributed by atoms with Crippen LogP contribution >= 0.6 is 11.6 Å². The standard InChI is InChI=1S/C13H13ClFN3O/c1-18(6-9-3-2-4-10(15)5-9)13-11(7-19)12(14)16-8-17-13/h2-5,8,19H,6-7H2,1H3. The van der Waals surface area contributed by atoms with Crippen LogP contribution in [0.5, 0.6) is 0 Å². The van der Waals surface area contributed by atoms with Crippen molar-refractivity contribution in [3.63, 3.8) is 0 Å². The molecule has 0 aliphatic carbocycles. The molecule has 1 N–H and O–H groups in total. The summed E-state index contributed by atoms with van der Waals surface area (Å²) in [7, 11) is 1.79. The van der Waals surface area contributed by atoms with Gasteiger partial charge in [0.05, 0.1) is 12.2 Å². The van der Waals surface area contributed by atoms with E-state index < -0.39 is 0 Å². The van der Waals surface area contributed by atoms with Gasteiger partial charge in [-0.25, -0.2) is 14.4 Å². The first-order chi connectivity index (χ1) is 9.11. The zero-order valence-corrected chi connectivity index (χ0v) is 11.1. The molecule has 100 valence electrons. The molecule has 0 fully saturated rings. The second-order valence-electron chi connectivity index (χ2n) is 4.11. The molecular weight excluding hydrogens is 269 g/mol. The van der Waals surface area contributed by atoms with Crippen LogP contribution in [0.3, 0.4) is 0 Å². The lowest BCUT2D eigenvalue weighted by molar-refractivity contribution is 0.281. The van der Waals surface area contributed by atoms with Crippen LogP contribution in [0, 0.1) is 5.82 Å². The van der Waals surface area contributed by atoms with Gasteiger partial charge in [0.25, 0.3) is 0 Å². The fraction of sp³-hybridized carbons (Fsp3) is 0.231. The van der Waals surface area contributed by atoms with Gasteiger partial charge in [0.2, 0.25) is 0 Å². The Hall–Kier alpha value is -1.72. The molecule has 2 rings (SSSR count). The van der Waals surface area contributed by atoms with Crippen molar-refractivity contribution in [1.82, 2.24) is 9.97 Å². The quantitative estimate of drug-likeness (QED) is 0.875. The Balaban J connectivity index is 2.25. The number of aromatic nitrogens is 2. The van der Waals surface area contributed by atoms with E-state index in [1.165, 1.54) is 18.5 Å². The van der Waals surface area contributed by atoms with E-state index in [0.717, 1.165) is 5.56 Å². The zero-order chi connectivity index (χ0) is 13.8. The third-order valence-electron chi connectivity index (χ3n) is 2.70. The molecule has 0 radical (unpaired) electrons. The number of rotatable bonds is 4.